The monoisotopic (exact) mass is 346 g/mol. The molecule has 8 heteroatoms. The Morgan fingerprint density at radius 1 is 1.16 bits per heavy atom. The van der Waals surface area contributed by atoms with E-state index in [1.54, 1.807) is 21.3 Å². The van der Waals surface area contributed by atoms with Crippen LogP contribution in [0.5, 0.6) is 17.2 Å². The molecule has 8 nitrogen and oxygen atoms in total. The minimum absolute atomic E-state index is 0.507. The smallest absolute Gasteiger partial charge is 0.341 e. The SMILES string of the molecule is COc1cc(-c2nn(C(N)=O)c3c2CCCCN3)cc(OC)c1OC. The topological polar surface area (TPSA) is 101 Å². The van der Waals surface area contributed by atoms with Gasteiger partial charge >= 0.3 is 6.03 Å². The van der Waals surface area contributed by atoms with E-state index >= 15 is 0 Å². The number of primary amides is 1. The standard InChI is InChI=1S/C17H22N4O4/c1-23-12-8-10(9-13(24-2)15(12)25-3)14-11-6-4-5-7-19-16(11)21(20-14)17(18)22/h8-9,19H,4-7H2,1-3H3,(H2,18,22). The summed E-state index contributed by atoms with van der Waals surface area (Å²) in [6, 6.07) is 3.02. The molecule has 0 aliphatic carbocycles. The molecule has 1 aromatic heterocycles. The average Bonchev–Trinajstić information content (AvgIpc) is 2.82. The van der Waals surface area contributed by atoms with Crippen LogP contribution in [0.2, 0.25) is 0 Å². The van der Waals surface area contributed by atoms with Crippen LogP contribution in [0.25, 0.3) is 11.3 Å². The molecule has 0 atom stereocenters. The number of hydrogen-bond acceptors (Lipinski definition) is 6. The third-order valence-corrected chi connectivity index (χ3v) is 4.28. The maximum atomic E-state index is 11.8. The Bertz CT molecular complexity index is 775. The maximum Gasteiger partial charge on any atom is 0.341 e. The largest absolute Gasteiger partial charge is 0.493 e. The van der Waals surface area contributed by atoms with Crippen molar-refractivity contribution in [2.24, 2.45) is 5.73 Å². The average molecular weight is 346 g/mol. The number of carbonyl (C=O) groups is 1. The lowest BCUT2D eigenvalue weighted by atomic mass is 10.0. The second kappa shape index (κ2) is 6.92. The van der Waals surface area contributed by atoms with E-state index in [4.69, 9.17) is 19.9 Å². The molecule has 0 spiro atoms. The Balaban J connectivity index is 2.21. The highest BCUT2D eigenvalue weighted by molar-refractivity contribution is 5.83. The van der Waals surface area contributed by atoms with E-state index < -0.39 is 6.03 Å². The first-order chi connectivity index (χ1) is 12.1. The van der Waals surface area contributed by atoms with Gasteiger partial charge in [-0.2, -0.15) is 9.78 Å². The van der Waals surface area contributed by atoms with Crippen molar-refractivity contribution in [3.8, 4) is 28.5 Å². The molecule has 3 rings (SSSR count). The maximum absolute atomic E-state index is 11.8. The van der Waals surface area contributed by atoms with Crippen molar-refractivity contribution in [3.63, 3.8) is 0 Å². The molecule has 25 heavy (non-hydrogen) atoms. The summed E-state index contributed by atoms with van der Waals surface area (Å²) in [4.78, 5) is 11.8. The summed E-state index contributed by atoms with van der Waals surface area (Å²) < 4.78 is 17.4. The number of ether oxygens (including phenoxy) is 3. The van der Waals surface area contributed by atoms with Crippen molar-refractivity contribution in [3.05, 3.63) is 17.7 Å². The fourth-order valence-corrected chi connectivity index (χ4v) is 3.11. The number of fused-ring (bicyclic) bond motifs is 1. The van der Waals surface area contributed by atoms with Crippen molar-refractivity contribution >= 4 is 11.8 Å². The molecule has 1 aliphatic heterocycles. The highest BCUT2D eigenvalue weighted by Crippen LogP contribution is 2.42. The number of hydrogen-bond donors (Lipinski definition) is 2. The summed E-state index contributed by atoms with van der Waals surface area (Å²) in [5.41, 5.74) is 7.91. The Hall–Kier alpha value is -2.90. The van der Waals surface area contributed by atoms with Crippen LogP contribution in [-0.2, 0) is 6.42 Å². The van der Waals surface area contributed by atoms with E-state index in [-0.39, 0.29) is 0 Å². The summed E-state index contributed by atoms with van der Waals surface area (Å²) in [6.45, 7) is 0.778. The van der Waals surface area contributed by atoms with Gasteiger partial charge in [-0.15, -0.1) is 0 Å². The molecular weight excluding hydrogens is 324 g/mol. The zero-order chi connectivity index (χ0) is 18.0. The Kier molecular flexibility index (Phi) is 4.69. The quantitative estimate of drug-likeness (QED) is 0.881. The van der Waals surface area contributed by atoms with Gasteiger partial charge in [-0.05, 0) is 31.4 Å². The third kappa shape index (κ3) is 2.95. The highest BCUT2D eigenvalue weighted by Gasteiger charge is 2.25. The number of carbonyl (C=O) groups excluding carboxylic acids is 1. The minimum atomic E-state index is -0.621. The lowest BCUT2D eigenvalue weighted by Gasteiger charge is -2.14. The van der Waals surface area contributed by atoms with Crippen LogP contribution in [-0.4, -0.2) is 43.7 Å². The van der Waals surface area contributed by atoms with E-state index in [0.717, 1.165) is 36.9 Å². The lowest BCUT2D eigenvalue weighted by molar-refractivity contribution is 0.248. The summed E-state index contributed by atoms with van der Waals surface area (Å²) >= 11 is 0. The molecule has 0 saturated heterocycles. The lowest BCUT2D eigenvalue weighted by Crippen LogP contribution is -2.23. The van der Waals surface area contributed by atoms with E-state index in [0.29, 0.717) is 28.8 Å². The van der Waals surface area contributed by atoms with Crippen LogP contribution in [0.1, 0.15) is 18.4 Å². The molecule has 2 heterocycles. The Labute approximate surface area is 145 Å². The second-order valence-electron chi connectivity index (χ2n) is 5.72. The molecule has 0 fully saturated rings. The zero-order valence-corrected chi connectivity index (χ0v) is 14.6. The van der Waals surface area contributed by atoms with Crippen molar-refractivity contribution in [2.75, 3.05) is 33.2 Å². The van der Waals surface area contributed by atoms with Crippen molar-refractivity contribution in [2.45, 2.75) is 19.3 Å². The van der Waals surface area contributed by atoms with Crippen molar-refractivity contribution < 1.29 is 19.0 Å². The minimum Gasteiger partial charge on any atom is -0.493 e. The van der Waals surface area contributed by atoms with Gasteiger partial charge in [-0.3, -0.25) is 0 Å². The number of aromatic nitrogens is 2. The molecule has 1 amide bonds. The molecule has 0 radical (unpaired) electrons. The van der Waals surface area contributed by atoms with E-state index in [1.165, 1.54) is 4.68 Å². The molecule has 1 aliphatic rings. The molecule has 0 unspecified atom stereocenters. The van der Waals surface area contributed by atoms with Crippen LogP contribution < -0.4 is 25.3 Å². The van der Waals surface area contributed by atoms with Crippen LogP contribution in [0.4, 0.5) is 10.6 Å². The molecule has 1 aromatic carbocycles. The number of nitrogens with two attached hydrogens (primary N) is 1. The Morgan fingerprint density at radius 2 is 1.84 bits per heavy atom. The number of anilines is 1. The number of methoxy groups -OCH3 is 3. The Morgan fingerprint density at radius 3 is 2.40 bits per heavy atom. The van der Waals surface area contributed by atoms with Gasteiger partial charge in [0.1, 0.15) is 5.82 Å². The first-order valence-corrected chi connectivity index (χ1v) is 8.06. The molecular formula is C17H22N4O4. The number of benzene rings is 1. The van der Waals surface area contributed by atoms with E-state index in [1.807, 2.05) is 12.1 Å². The van der Waals surface area contributed by atoms with Crippen LogP contribution in [0, 0.1) is 0 Å². The fraction of sp³-hybridized carbons (Fsp3) is 0.412. The summed E-state index contributed by atoms with van der Waals surface area (Å²) in [5.74, 6) is 2.22. The van der Waals surface area contributed by atoms with Gasteiger partial charge in [0, 0.05) is 17.7 Å². The first-order valence-electron chi connectivity index (χ1n) is 8.06. The number of nitrogens with one attached hydrogen (secondary N) is 1. The van der Waals surface area contributed by atoms with E-state index in [9.17, 15) is 4.79 Å². The molecule has 0 saturated carbocycles. The van der Waals surface area contributed by atoms with Gasteiger partial charge in [0.25, 0.3) is 0 Å². The van der Waals surface area contributed by atoms with Gasteiger partial charge in [-0.25, -0.2) is 4.79 Å². The first kappa shape index (κ1) is 16.9. The van der Waals surface area contributed by atoms with Gasteiger partial charge in [-0.1, -0.05) is 0 Å². The highest BCUT2D eigenvalue weighted by atomic mass is 16.5. The van der Waals surface area contributed by atoms with Crippen LogP contribution in [0.3, 0.4) is 0 Å². The summed E-state index contributed by atoms with van der Waals surface area (Å²) in [5, 5.41) is 7.69. The molecule has 134 valence electrons. The van der Waals surface area contributed by atoms with Gasteiger partial charge in [0.05, 0.1) is 27.0 Å². The summed E-state index contributed by atoms with van der Waals surface area (Å²) in [6.07, 6.45) is 2.83. The van der Waals surface area contributed by atoms with E-state index in [2.05, 4.69) is 10.4 Å². The second-order valence-corrected chi connectivity index (χ2v) is 5.72. The van der Waals surface area contributed by atoms with Crippen LogP contribution >= 0.6 is 0 Å². The van der Waals surface area contributed by atoms with Crippen molar-refractivity contribution in [1.29, 1.82) is 0 Å². The predicted molar refractivity (Wildman–Crippen MR) is 93.7 cm³/mol. The van der Waals surface area contributed by atoms with Gasteiger partial charge in [0.15, 0.2) is 11.5 Å². The van der Waals surface area contributed by atoms with Crippen LogP contribution in [0.15, 0.2) is 12.1 Å². The molecule has 3 N–H and O–H groups in total. The molecule has 0 bridgehead atoms. The number of amides is 1. The van der Waals surface area contributed by atoms with Crippen molar-refractivity contribution in [1.82, 2.24) is 9.78 Å². The summed E-state index contributed by atoms with van der Waals surface area (Å²) in [7, 11) is 4.67. The number of rotatable bonds is 4. The predicted octanol–water partition coefficient (Wildman–Crippen LogP) is 2.25. The van der Waals surface area contributed by atoms with Gasteiger partial charge in [0.2, 0.25) is 5.75 Å². The molecule has 2 aromatic rings. The normalized spacial score (nSPS) is 13.4. The van der Waals surface area contributed by atoms with Gasteiger partial charge < -0.3 is 25.3 Å². The zero-order valence-electron chi connectivity index (χ0n) is 14.6. The fourth-order valence-electron chi connectivity index (χ4n) is 3.11. The number of nitrogens with zero attached hydrogens (tertiary/aromatic N) is 2. The third-order valence-electron chi connectivity index (χ3n) is 4.28.